The molecule has 2 amide bonds. The van der Waals surface area contributed by atoms with Crippen LogP contribution in [-0.4, -0.2) is 55.5 Å². The fraction of sp³-hybridized carbons (Fsp3) is 0.435. The zero-order valence-corrected chi connectivity index (χ0v) is 16.6. The molecular formula is C23H26N2O4. The van der Waals surface area contributed by atoms with Gasteiger partial charge >= 0.3 is 6.03 Å². The molecule has 1 N–H and O–H groups in total. The monoisotopic (exact) mass is 394 g/mol. The molecule has 5 rings (SSSR count). The highest BCUT2D eigenvalue weighted by Gasteiger charge is 2.44. The Morgan fingerprint density at radius 2 is 2.07 bits per heavy atom. The van der Waals surface area contributed by atoms with Crippen molar-refractivity contribution < 1.29 is 19.0 Å². The molecule has 3 heterocycles. The van der Waals surface area contributed by atoms with E-state index >= 15 is 0 Å². The van der Waals surface area contributed by atoms with Crippen molar-refractivity contribution >= 4 is 11.7 Å². The van der Waals surface area contributed by atoms with Crippen molar-refractivity contribution in [3.05, 3.63) is 48.0 Å². The van der Waals surface area contributed by atoms with E-state index in [0.29, 0.717) is 26.3 Å². The molecule has 0 radical (unpaired) electrons. The van der Waals surface area contributed by atoms with Crippen LogP contribution in [0.2, 0.25) is 0 Å². The van der Waals surface area contributed by atoms with E-state index in [4.69, 9.17) is 14.2 Å². The van der Waals surface area contributed by atoms with E-state index in [1.807, 2.05) is 36.1 Å². The highest BCUT2D eigenvalue weighted by Crippen LogP contribution is 2.32. The number of ether oxygens (including phenoxy) is 3. The van der Waals surface area contributed by atoms with Gasteiger partial charge in [-0.25, -0.2) is 4.79 Å². The van der Waals surface area contributed by atoms with E-state index in [9.17, 15) is 4.79 Å². The first kappa shape index (κ1) is 18.5. The Labute approximate surface area is 170 Å². The number of carbonyl (C=O) groups excluding carboxylic acids is 1. The molecule has 0 bridgehead atoms. The number of fused-ring (bicyclic) bond motifs is 1. The van der Waals surface area contributed by atoms with Gasteiger partial charge in [0.25, 0.3) is 0 Å². The number of morpholine rings is 1. The van der Waals surface area contributed by atoms with Gasteiger partial charge in [-0.2, -0.15) is 0 Å². The Bertz CT molecular complexity index is 923. The molecule has 152 valence electrons. The molecule has 2 fully saturated rings. The van der Waals surface area contributed by atoms with Crippen LogP contribution in [0.1, 0.15) is 18.9 Å². The second-order valence-electron chi connectivity index (χ2n) is 8.23. The quantitative estimate of drug-likeness (QED) is 0.844. The van der Waals surface area contributed by atoms with Crippen LogP contribution in [0, 0.1) is 0 Å². The van der Waals surface area contributed by atoms with Crippen molar-refractivity contribution in [3.63, 3.8) is 0 Å². The van der Waals surface area contributed by atoms with Crippen molar-refractivity contribution in [1.82, 2.24) is 4.90 Å². The molecular weight excluding hydrogens is 368 g/mol. The summed E-state index contributed by atoms with van der Waals surface area (Å²) >= 11 is 0. The molecule has 2 saturated heterocycles. The summed E-state index contributed by atoms with van der Waals surface area (Å²) in [6, 6.07) is 14.2. The second-order valence-corrected chi connectivity index (χ2v) is 8.23. The van der Waals surface area contributed by atoms with Crippen LogP contribution in [-0.2, 0) is 15.9 Å². The lowest BCUT2D eigenvalue weighted by molar-refractivity contribution is -0.136. The number of anilines is 1. The maximum absolute atomic E-state index is 13.0. The minimum atomic E-state index is -0.358. The minimum Gasteiger partial charge on any atom is -0.493 e. The standard InChI is InChI=1S/C23H26N2O4/c1-16-13-25(14-23(29-16)8-10-27-15-23)22(26)24-20-4-2-3-17(12-20)18-5-6-21-19(11-18)7-9-28-21/h2-6,11-12,16H,7-10,13-15H2,1H3,(H,24,26). The molecule has 0 saturated carbocycles. The highest BCUT2D eigenvalue weighted by atomic mass is 16.6. The lowest BCUT2D eigenvalue weighted by atomic mass is 9.99. The van der Waals surface area contributed by atoms with Crippen LogP contribution < -0.4 is 10.1 Å². The van der Waals surface area contributed by atoms with Gasteiger partial charge in [-0.15, -0.1) is 0 Å². The van der Waals surface area contributed by atoms with Gasteiger partial charge < -0.3 is 24.4 Å². The van der Waals surface area contributed by atoms with E-state index in [1.165, 1.54) is 5.56 Å². The third kappa shape index (κ3) is 3.70. The van der Waals surface area contributed by atoms with E-state index in [2.05, 4.69) is 23.5 Å². The van der Waals surface area contributed by atoms with Crippen LogP contribution in [0.4, 0.5) is 10.5 Å². The van der Waals surface area contributed by atoms with E-state index in [-0.39, 0.29) is 17.7 Å². The summed E-state index contributed by atoms with van der Waals surface area (Å²) in [6.07, 6.45) is 1.77. The lowest BCUT2D eigenvalue weighted by Crippen LogP contribution is -2.57. The Balaban J connectivity index is 1.32. The number of hydrogen-bond acceptors (Lipinski definition) is 4. The van der Waals surface area contributed by atoms with Gasteiger partial charge in [0.1, 0.15) is 11.4 Å². The third-order valence-electron chi connectivity index (χ3n) is 5.90. The zero-order valence-electron chi connectivity index (χ0n) is 16.6. The number of nitrogens with one attached hydrogen (secondary N) is 1. The van der Waals surface area contributed by atoms with Crippen LogP contribution in [0.15, 0.2) is 42.5 Å². The zero-order chi connectivity index (χ0) is 19.8. The minimum absolute atomic E-state index is 0.00355. The molecule has 2 aromatic rings. The first-order chi connectivity index (χ1) is 14.1. The maximum atomic E-state index is 13.0. The summed E-state index contributed by atoms with van der Waals surface area (Å²) in [5, 5.41) is 3.07. The predicted octanol–water partition coefficient (Wildman–Crippen LogP) is 3.70. The normalized spacial score (nSPS) is 25.7. The van der Waals surface area contributed by atoms with Gasteiger partial charge in [0.15, 0.2) is 0 Å². The summed E-state index contributed by atoms with van der Waals surface area (Å²) in [5.41, 5.74) is 3.88. The van der Waals surface area contributed by atoms with Gasteiger partial charge in [0.2, 0.25) is 0 Å². The van der Waals surface area contributed by atoms with Gasteiger partial charge in [0, 0.05) is 31.7 Å². The molecule has 29 heavy (non-hydrogen) atoms. The smallest absolute Gasteiger partial charge is 0.322 e. The molecule has 2 atom stereocenters. The van der Waals surface area contributed by atoms with Crippen molar-refractivity contribution in [3.8, 4) is 16.9 Å². The maximum Gasteiger partial charge on any atom is 0.322 e. The van der Waals surface area contributed by atoms with Gasteiger partial charge in [-0.3, -0.25) is 0 Å². The topological polar surface area (TPSA) is 60.0 Å². The van der Waals surface area contributed by atoms with E-state index < -0.39 is 0 Å². The summed E-state index contributed by atoms with van der Waals surface area (Å²) in [4.78, 5) is 14.8. The van der Waals surface area contributed by atoms with Crippen molar-refractivity contribution in [2.75, 3.05) is 38.2 Å². The molecule has 2 aromatic carbocycles. The van der Waals surface area contributed by atoms with Gasteiger partial charge in [-0.1, -0.05) is 18.2 Å². The van der Waals surface area contributed by atoms with E-state index in [1.54, 1.807) is 0 Å². The first-order valence-electron chi connectivity index (χ1n) is 10.3. The Hall–Kier alpha value is -2.57. The van der Waals surface area contributed by atoms with Crippen LogP contribution in [0.5, 0.6) is 5.75 Å². The molecule has 3 aliphatic heterocycles. The van der Waals surface area contributed by atoms with Crippen molar-refractivity contribution in [2.24, 2.45) is 0 Å². The number of benzene rings is 2. The average molecular weight is 394 g/mol. The van der Waals surface area contributed by atoms with Crippen molar-refractivity contribution in [1.29, 1.82) is 0 Å². The van der Waals surface area contributed by atoms with Gasteiger partial charge in [-0.05, 0) is 47.9 Å². The summed E-state index contributed by atoms with van der Waals surface area (Å²) in [5.74, 6) is 0.976. The fourth-order valence-corrected chi connectivity index (χ4v) is 4.53. The number of amides is 2. The summed E-state index contributed by atoms with van der Waals surface area (Å²) in [6.45, 7) is 5.15. The number of rotatable bonds is 2. The molecule has 0 aromatic heterocycles. The molecule has 0 aliphatic carbocycles. The number of hydrogen-bond donors (Lipinski definition) is 1. The summed E-state index contributed by atoms with van der Waals surface area (Å²) < 4.78 is 17.3. The molecule has 3 aliphatic rings. The van der Waals surface area contributed by atoms with Gasteiger partial charge in [0.05, 0.1) is 25.9 Å². The fourth-order valence-electron chi connectivity index (χ4n) is 4.53. The largest absolute Gasteiger partial charge is 0.493 e. The molecule has 6 heteroatoms. The molecule has 2 unspecified atom stereocenters. The summed E-state index contributed by atoms with van der Waals surface area (Å²) in [7, 11) is 0. The Morgan fingerprint density at radius 1 is 1.17 bits per heavy atom. The van der Waals surface area contributed by atoms with Crippen molar-refractivity contribution in [2.45, 2.75) is 31.5 Å². The van der Waals surface area contributed by atoms with E-state index in [0.717, 1.165) is 42.0 Å². The molecule has 1 spiro atoms. The third-order valence-corrected chi connectivity index (χ3v) is 5.90. The average Bonchev–Trinajstić information content (AvgIpc) is 3.36. The SMILES string of the molecule is CC1CN(C(=O)Nc2cccc(-c3ccc4c(c3)CCO4)c2)CC2(CCOC2)O1. The Morgan fingerprint density at radius 3 is 2.93 bits per heavy atom. The number of urea groups is 1. The number of carbonyl (C=O) groups is 1. The van der Waals surface area contributed by atoms with Crippen LogP contribution in [0.3, 0.4) is 0 Å². The first-order valence-corrected chi connectivity index (χ1v) is 10.3. The Kier molecular flexibility index (Phi) is 4.68. The highest BCUT2D eigenvalue weighted by molar-refractivity contribution is 5.90. The van der Waals surface area contributed by atoms with Crippen LogP contribution in [0.25, 0.3) is 11.1 Å². The predicted molar refractivity (Wildman–Crippen MR) is 110 cm³/mol. The number of nitrogens with zero attached hydrogens (tertiary/aromatic N) is 1. The second kappa shape index (κ2) is 7.35. The lowest BCUT2D eigenvalue weighted by Gasteiger charge is -2.42. The molecule has 6 nitrogen and oxygen atoms in total. The van der Waals surface area contributed by atoms with Crippen LogP contribution >= 0.6 is 0 Å².